The Bertz CT molecular complexity index is 557. The third kappa shape index (κ3) is 3.06. The molecule has 0 aliphatic heterocycles. The van der Waals surface area contributed by atoms with Crippen molar-refractivity contribution in [3.63, 3.8) is 0 Å². The number of hydrogen-bond donors (Lipinski definition) is 1. The maximum Gasteiger partial charge on any atom is 0.297 e. The maximum atomic E-state index is 11.7. The van der Waals surface area contributed by atoms with E-state index in [-0.39, 0.29) is 17.0 Å². The molecular weight excluding hydrogens is 242 g/mol. The van der Waals surface area contributed by atoms with Gasteiger partial charge in [0.25, 0.3) is 16.0 Å². The summed E-state index contributed by atoms with van der Waals surface area (Å²) >= 11 is 0. The summed E-state index contributed by atoms with van der Waals surface area (Å²) in [6, 6.07) is 5.74. The molecule has 17 heavy (non-hydrogen) atoms. The normalized spacial score (nSPS) is 10.6. The Morgan fingerprint density at radius 2 is 2.12 bits per heavy atom. The summed E-state index contributed by atoms with van der Waals surface area (Å²) in [5, 5.41) is 2.39. The second-order valence-electron chi connectivity index (χ2n) is 3.00. The lowest BCUT2D eigenvalue weighted by atomic mass is 10.2. The summed E-state index contributed by atoms with van der Waals surface area (Å²) in [4.78, 5) is 11.5. The van der Waals surface area contributed by atoms with Gasteiger partial charge in [-0.1, -0.05) is 18.1 Å². The highest BCUT2D eigenvalue weighted by atomic mass is 32.2. The van der Waals surface area contributed by atoms with Gasteiger partial charge in [-0.3, -0.25) is 8.98 Å². The second-order valence-corrected chi connectivity index (χ2v) is 4.69. The Kier molecular flexibility index (Phi) is 4.26. The zero-order valence-corrected chi connectivity index (χ0v) is 9.95. The van der Waals surface area contributed by atoms with Crippen LogP contribution in [-0.4, -0.2) is 28.0 Å². The van der Waals surface area contributed by atoms with Gasteiger partial charge in [0, 0.05) is 0 Å². The molecule has 1 amide bonds. The van der Waals surface area contributed by atoms with E-state index in [1.54, 1.807) is 6.07 Å². The average molecular weight is 253 g/mol. The molecule has 90 valence electrons. The van der Waals surface area contributed by atoms with Gasteiger partial charge in [-0.15, -0.1) is 6.42 Å². The third-order valence-electron chi connectivity index (χ3n) is 1.97. The first kappa shape index (κ1) is 13.2. The summed E-state index contributed by atoms with van der Waals surface area (Å²) in [6.45, 7) is 0.0280. The van der Waals surface area contributed by atoms with Crippen LogP contribution in [0.1, 0.15) is 10.4 Å². The van der Waals surface area contributed by atoms with Crippen LogP contribution in [0.15, 0.2) is 29.2 Å². The Labute approximate surface area is 99.9 Å². The second kappa shape index (κ2) is 5.48. The Hall–Kier alpha value is -1.84. The van der Waals surface area contributed by atoms with Crippen LogP contribution in [-0.2, 0) is 14.3 Å². The largest absolute Gasteiger partial charge is 0.341 e. The van der Waals surface area contributed by atoms with Gasteiger partial charge in [-0.2, -0.15) is 8.42 Å². The van der Waals surface area contributed by atoms with Gasteiger partial charge in [0.15, 0.2) is 0 Å². The fourth-order valence-corrected chi connectivity index (χ4v) is 2.04. The first-order valence-corrected chi connectivity index (χ1v) is 6.05. The molecule has 0 aromatic heterocycles. The highest BCUT2D eigenvalue weighted by Gasteiger charge is 2.21. The van der Waals surface area contributed by atoms with Crippen LogP contribution in [0.4, 0.5) is 0 Å². The first-order valence-electron chi connectivity index (χ1n) is 4.64. The van der Waals surface area contributed by atoms with E-state index in [9.17, 15) is 13.2 Å². The number of carbonyl (C=O) groups excluding carboxylic acids is 1. The zero-order valence-electron chi connectivity index (χ0n) is 9.14. The topological polar surface area (TPSA) is 72.5 Å². The van der Waals surface area contributed by atoms with Crippen molar-refractivity contribution in [1.82, 2.24) is 5.32 Å². The molecule has 0 saturated heterocycles. The Morgan fingerprint density at radius 1 is 1.47 bits per heavy atom. The van der Waals surface area contributed by atoms with E-state index in [0.717, 1.165) is 7.11 Å². The summed E-state index contributed by atoms with van der Waals surface area (Å²) in [5.41, 5.74) is 0.00426. The molecule has 1 aromatic carbocycles. The van der Waals surface area contributed by atoms with Crippen molar-refractivity contribution in [2.45, 2.75) is 4.90 Å². The van der Waals surface area contributed by atoms with Crippen molar-refractivity contribution in [2.24, 2.45) is 0 Å². The molecule has 0 bridgehead atoms. The first-order chi connectivity index (χ1) is 8.03. The van der Waals surface area contributed by atoms with Crippen molar-refractivity contribution in [2.75, 3.05) is 13.7 Å². The van der Waals surface area contributed by atoms with E-state index in [1.807, 2.05) is 0 Å². The number of benzene rings is 1. The molecule has 0 fully saturated rings. The molecule has 1 rings (SSSR count). The highest BCUT2D eigenvalue weighted by molar-refractivity contribution is 7.86. The molecule has 0 unspecified atom stereocenters. The lowest BCUT2D eigenvalue weighted by Crippen LogP contribution is -2.25. The lowest BCUT2D eigenvalue weighted by Gasteiger charge is -2.07. The van der Waals surface area contributed by atoms with Gasteiger partial charge in [0.05, 0.1) is 19.2 Å². The molecule has 0 aliphatic rings. The zero-order chi connectivity index (χ0) is 12.9. The monoisotopic (exact) mass is 253 g/mol. The fraction of sp³-hybridized carbons (Fsp3) is 0.182. The molecule has 0 radical (unpaired) electrons. The summed E-state index contributed by atoms with van der Waals surface area (Å²) in [7, 11) is -2.88. The van der Waals surface area contributed by atoms with Crippen molar-refractivity contribution >= 4 is 16.0 Å². The standard InChI is InChI=1S/C11H11NO4S/c1-3-8-12-11(13)9-6-4-5-7-10(9)17(14,15)16-2/h1,4-7H,8H2,2H3,(H,12,13). The van der Waals surface area contributed by atoms with Crippen molar-refractivity contribution in [1.29, 1.82) is 0 Å². The number of rotatable bonds is 4. The molecule has 0 spiro atoms. The van der Waals surface area contributed by atoms with Crippen molar-refractivity contribution in [3.8, 4) is 12.3 Å². The molecule has 0 aliphatic carbocycles. The molecule has 1 aromatic rings. The van der Waals surface area contributed by atoms with E-state index in [1.165, 1.54) is 18.2 Å². The molecule has 0 saturated carbocycles. The quantitative estimate of drug-likeness (QED) is 0.622. The smallest absolute Gasteiger partial charge is 0.297 e. The predicted molar refractivity (Wildman–Crippen MR) is 61.8 cm³/mol. The Balaban J connectivity index is 3.18. The molecule has 5 nitrogen and oxygen atoms in total. The number of amides is 1. The van der Waals surface area contributed by atoms with Crippen LogP contribution in [0.5, 0.6) is 0 Å². The minimum absolute atomic E-state index is 0.00426. The van der Waals surface area contributed by atoms with E-state index in [2.05, 4.69) is 15.4 Å². The van der Waals surface area contributed by atoms with E-state index in [0.29, 0.717) is 0 Å². The summed E-state index contributed by atoms with van der Waals surface area (Å²) < 4.78 is 27.5. The minimum Gasteiger partial charge on any atom is -0.341 e. The molecule has 1 N–H and O–H groups in total. The number of nitrogens with one attached hydrogen (secondary N) is 1. The highest BCUT2D eigenvalue weighted by Crippen LogP contribution is 2.17. The SMILES string of the molecule is C#CCNC(=O)c1ccccc1S(=O)(=O)OC. The van der Waals surface area contributed by atoms with Gasteiger partial charge in [-0.05, 0) is 12.1 Å². The molecule has 6 heteroatoms. The molecule has 0 heterocycles. The minimum atomic E-state index is -3.91. The molecule has 0 atom stereocenters. The number of hydrogen-bond acceptors (Lipinski definition) is 4. The van der Waals surface area contributed by atoms with Gasteiger partial charge >= 0.3 is 0 Å². The van der Waals surface area contributed by atoms with Gasteiger partial charge < -0.3 is 5.32 Å². The lowest BCUT2D eigenvalue weighted by molar-refractivity contribution is 0.0955. The van der Waals surface area contributed by atoms with E-state index < -0.39 is 16.0 Å². The number of terminal acetylenes is 1. The van der Waals surface area contributed by atoms with E-state index >= 15 is 0 Å². The third-order valence-corrected chi connectivity index (χ3v) is 3.30. The molecular formula is C11H11NO4S. The van der Waals surface area contributed by atoms with Gasteiger partial charge in [-0.25, -0.2) is 0 Å². The van der Waals surface area contributed by atoms with Crippen LogP contribution in [0.2, 0.25) is 0 Å². The van der Waals surface area contributed by atoms with Crippen LogP contribution >= 0.6 is 0 Å². The summed E-state index contributed by atoms with van der Waals surface area (Å²) in [5.74, 6) is 1.67. The van der Waals surface area contributed by atoms with Gasteiger partial charge in [0.2, 0.25) is 0 Å². The number of carbonyl (C=O) groups is 1. The van der Waals surface area contributed by atoms with Crippen LogP contribution < -0.4 is 5.32 Å². The maximum absolute atomic E-state index is 11.7. The van der Waals surface area contributed by atoms with Crippen molar-refractivity contribution in [3.05, 3.63) is 29.8 Å². The predicted octanol–water partition coefficient (Wildman–Crippen LogP) is 0.385. The van der Waals surface area contributed by atoms with Crippen LogP contribution in [0.25, 0.3) is 0 Å². The van der Waals surface area contributed by atoms with Gasteiger partial charge in [0.1, 0.15) is 4.90 Å². The van der Waals surface area contributed by atoms with Crippen LogP contribution in [0.3, 0.4) is 0 Å². The van der Waals surface area contributed by atoms with Crippen molar-refractivity contribution < 1.29 is 17.4 Å². The fourth-order valence-electron chi connectivity index (χ4n) is 1.19. The summed E-state index contributed by atoms with van der Waals surface area (Å²) in [6.07, 6.45) is 5.00. The Morgan fingerprint density at radius 3 is 2.71 bits per heavy atom. The average Bonchev–Trinajstić information content (AvgIpc) is 2.36. The van der Waals surface area contributed by atoms with E-state index in [4.69, 9.17) is 6.42 Å². The van der Waals surface area contributed by atoms with Crippen LogP contribution in [0, 0.1) is 12.3 Å².